The molecule has 0 amide bonds. The average molecular weight is 228 g/mol. The second-order valence-electron chi connectivity index (χ2n) is 3.77. The van der Waals surface area contributed by atoms with Crippen molar-refractivity contribution in [3.63, 3.8) is 0 Å². The molecule has 0 spiro atoms. The normalized spacial score (nSPS) is 24.6. The van der Waals surface area contributed by atoms with E-state index in [1.54, 1.807) is 6.92 Å². The second kappa shape index (κ2) is 5.53. The van der Waals surface area contributed by atoms with E-state index in [-0.39, 0.29) is 12.0 Å². The van der Waals surface area contributed by atoms with E-state index >= 15 is 0 Å². The molecule has 5 nitrogen and oxygen atoms in total. The third-order valence-corrected chi connectivity index (χ3v) is 2.15. The van der Waals surface area contributed by atoms with Crippen molar-refractivity contribution in [2.75, 3.05) is 6.61 Å². The van der Waals surface area contributed by atoms with Gasteiger partial charge in [-0.15, -0.1) is 0 Å². The summed E-state index contributed by atoms with van der Waals surface area (Å²) in [5.74, 6) is -0.323. The molecule has 5 heteroatoms. The molecule has 1 heterocycles. The summed E-state index contributed by atoms with van der Waals surface area (Å²) in [6.07, 6.45) is 1.19. The Kier molecular flexibility index (Phi) is 4.34. The van der Waals surface area contributed by atoms with Gasteiger partial charge in [-0.2, -0.15) is 0 Å². The van der Waals surface area contributed by atoms with E-state index in [0.717, 1.165) is 0 Å². The van der Waals surface area contributed by atoms with Crippen molar-refractivity contribution in [1.29, 1.82) is 0 Å². The molecule has 0 aliphatic carbocycles. The first-order valence-corrected chi connectivity index (χ1v) is 5.26. The van der Waals surface area contributed by atoms with E-state index in [9.17, 15) is 9.59 Å². The van der Waals surface area contributed by atoms with Gasteiger partial charge in [-0.3, -0.25) is 0 Å². The monoisotopic (exact) mass is 228 g/mol. The van der Waals surface area contributed by atoms with Crippen molar-refractivity contribution >= 4 is 12.1 Å². The molecule has 1 aliphatic heterocycles. The number of ether oxygens (including phenoxy) is 3. The molecular weight excluding hydrogens is 212 g/mol. The average Bonchev–Trinajstić information content (AvgIpc) is 2.57. The van der Waals surface area contributed by atoms with Crippen LogP contribution in [0.4, 0.5) is 4.79 Å². The van der Waals surface area contributed by atoms with Crippen LogP contribution in [0.5, 0.6) is 0 Å². The van der Waals surface area contributed by atoms with Crippen molar-refractivity contribution in [3.05, 3.63) is 12.2 Å². The Bertz CT molecular complexity index is 295. The van der Waals surface area contributed by atoms with Gasteiger partial charge in [0.1, 0.15) is 6.10 Å². The van der Waals surface area contributed by atoms with Crippen LogP contribution in [0.2, 0.25) is 0 Å². The summed E-state index contributed by atoms with van der Waals surface area (Å²) in [6.45, 7) is 5.87. The van der Waals surface area contributed by atoms with Gasteiger partial charge in [0.15, 0.2) is 6.10 Å². The van der Waals surface area contributed by atoms with Gasteiger partial charge in [-0.05, 0) is 18.9 Å². The van der Waals surface area contributed by atoms with Crippen molar-refractivity contribution in [2.45, 2.75) is 33.0 Å². The molecule has 0 radical (unpaired) electrons. The number of rotatable bonds is 4. The number of hydrogen-bond acceptors (Lipinski definition) is 5. The van der Waals surface area contributed by atoms with E-state index in [2.05, 4.69) is 0 Å². The van der Waals surface area contributed by atoms with Gasteiger partial charge in [0.25, 0.3) is 0 Å². The molecule has 0 saturated carbocycles. The van der Waals surface area contributed by atoms with Crippen LogP contribution in [0.25, 0.3) is 0 Å². The van der Waals surface area contributed by atoms with Gasteiger partial charge in [0.05, 0.1) is 6.61 Å². The molecule has 1 aliphatic rings. The molecule has 16 heavy (non-hydrogen) atoms. The quantitative estimate of drug-likeness (QED) is 0.541. The standard InChI is InChI=1S/C11H16O5/c1-4-14-9(12)6-5-8-10(7(2)3)16-11(13)15-8/h5-8,10H,4H2,1-3H3/b6-5+/t8-,10-/m1/s1. The molecule has 1 rings (SSSR count). The topological polar surface area (TPSA) is 61.8 Å². The lowest BCUT2D eigenvalue weighted by Crippen LogP contribution is -2.26. The smallest absolute Gasteiger partial charge is 0.463 e. The molecule has 2 atom stereocenters. The first-order chi connectivity index (χ1) is 7.54. The third kappa shape index (κ3) is 3.25. The Morgan fingerprint density at radius 1 is 1.50 bits per heavy atom. The van der Waals surface area contributed by atoms with Crippen LogP contribution in [0.3, 0.4) is 0 Å². The summed E-state index contributed by atoms with van der Waals surface area (Å²) in [5.41, 5.74) is 0. The highest BCUT2D eigenvalue weighted by molar-refractivity contribution is 5.82. The highest BCUT2D eigenvalue weighted by Crippen LogP contribution is 2.22. The zero-order valence-corrected chi connectivity index (χ0v) is 9.64. The summed E-state index contributed by atoms with van der Waals surface area (Å²) in [4.78, 5) is 22.0. The predicted molar refractivity (Wildman–Crippen MR) is 55.8 cm³/mol. The minimum absolute atomic E-state index is 0.128. The zero-order valence-electron chi connectivity index (χ0n) is 9.64. The van der Waals surface area contributed by atoms with E-state index in [0.29, 0.717) is 6.61 Å². The summed E-state index contributed by atoms with van der Waals surface area (Å²) in [5, 5.41) is 0. The fraction of sp³-hybridized carbons (Fsp3) is 0.636. The second-order valence-corrected chi connectivity index (χ2v) is 3.77. The molecule has 0 N–H and O–H groups in total. The summed E-state index contributed by atoms with van der Waals surface area (Å²) < 4.78 is 14.6. The van der Waals surface area contributed by atoms with Gasteiger partial charge in [-0.25, -0.2) is 9.59 Å². The molecule has 0 bridgehead atoms. The Morgan fingerprint density at radius 3 is 2.75 bits per heavy atom. The van der Waals surface area contributed by atoms with Gasteiger partial charge in [0, 0.05) is 6.08 Å². The van der Waals surface area contributed by atoms with E-state index in [1.807, 2.05) is 13.8 Å². The number of cyclic esters (lactones) is 2. The number of esters is 1. The van der Waals surface area contributed by atoms with E-state index < -0.39 is 18.2 Å². The maximum atomic E-state index is 11.1. The van der Waals surface area contributed by atoms with Crippen molar-refractivity contribution in [1.82, 2.24) is 0 Å². The number of carbonyl (C=O) groups excluding carboxylic acids is 2. The summed E-state index contributed by atoms with van der Waals surface area (Å²) >= 11 is 0. The van der Waals surface area contributed by atoms with Crippen molar-refractivity contribution in [3.8, 4) is 0 Å². The van der Waals surface area contributed by atoms with Crippen LogP contribution in [0.15, 0.2) is 12.2 Å². The summed E-state index contributed by atoms with van der Waals surface area (Å²) in [7, 11) is 0. The fourth-order valence-corrected chi connectivity index (χ4v) is 1.41. The van der Waals surface area contributed by atoms with Gasteiger partial charge in [0.2, 0.25) is 0 Å². The maximum Gasteiger partial charge on any atom is 0.509 e. The highest BCUT2D eigenvalue weighted by atomic mass is 16.8. The molecule has 1 saturated heterocycles. The fourth-order valence-electron chi connectivity index (χ4n) is 1.41. The minimum atomic E-state index is -0.697. The Balaban J connectivity index is 2.58. The van der Waals surface area contributed by atoms with Crippen LogP contribution >= 0.6 is 0 Å². The van der Waals surface area contributed by atoms with Crippen LogP contribution < -0.4 is 0 Å². The summed E-state index contributed by atoms with van der Waals surface area (Å²) in [6, 6.07) is 0. The highest BCUT2D eigenvalue weighted by Gasteiger charge is 2.36. The SMILES string of the molecule is CCOC(=O)/C=C/[C@H]1OC(=O)O[C@@H]1C(C)C. The van der Waals surface area contributed by atoms with Gasteiger partial charge < -0.3 is 14.2 Å². The van der Waals surface area contributed by atoms with Crippen LogP contribution in [-0.2, 0) is 19.0 Å². The Labute approximate surface area is 94.4 Å². The van der Waals surface area contributed by atoms with Crippen molar-refractivity contribution < 1.29 is 23.8 Å². The molecule has 0 aromatic rings. The van der Waals surface area contributed by atoms with E-state index in [1.165, 1.54) is 12.2 Å². The largest absolute Gasteiger partial charge is 0.509 e. The molecule has 0 aromatic carbocycles. The maximum absolute atomic E-state index is 11.1. The first-order valence-electron chi connectivity index (χ1n) is 5.26. The van der Waals surface area contributed by atoms with Crippen LogP contribution in [-0.4, -0.2) is 30.9 Å². The molecular formula is C11H16O5. The van der Waals surface area contributed by atoms with Crippen LogP contribution in [0, 0.1) is 5.92 Å². The number of carbonyl (C=O) groups is 2. The number of hydrogen-bond donors (Lipinski definition) is 0. The molecule has 0 aromatic heterocycles. The third-order valence-electron chi connectivity index (χ3n) is 2.15. The lowest BCUT2D eigenvalue weighted by Gasteiger charge is -2.15. The Morgan fingerprint density at radius 2 is 2.19 bits per heavy atom. The van der Waals surface area contributed by atoms with Crippen LogP contribution in [0.1, 0.15) is 20.8 Å². The van der Waals surface area contributed by atoms with Gasteiger partial charge in [-0.1, -0.05) is 13.8 Å². The zero-order chi connectivity index (χ0) is 12.1. The molecule has 0 unspecified atom stereocenters. The van der Waals surface area contributed by atoms with Crippen molar-refractivity contribution in [2.24, 2.45) is 5.92 Å². The predicted octanol–water partition coefficient (Wildman–Crippen LogP) is 1.67. The van der Waals surface area contributed by atoms with E-state index in [4.69, 9.17) is 14.2 Å². The van der Waals surface area contributed by atoms with Gasteiger partial charge >= 0.3 is 12.1 Å². The first kappa shape index (κ1) is 12.5. The molecule has 90 valence electrons. The minimum Gasteiger partial charge on any atom is -0.463 e. The Hall–Kier alpha value is -1.52. The molecule has 1 fully saturated rings. The lowest BCUT2D eigenvalue weighted by atomic mass is 10.0. The lowest BCUT2D eigenvalue weighted by molar-refractivity contribution is -0.137.